The summed E-state index contributed by atoms with van der Waals surface area (Å²) in [4.78, 5) is 23.7. The largest absolute Gasteiger partial charge is 0.394 e. The number of aliphatic hydroxyl groups excluding tert-OH is 2. The molecule has 0 aromatic carbocycles. The number of amides is 1. The van der Waals surface area contributed by atoms with Crippen LogP contribution in [-0.4, -0.2) is 96.5 Å². The predicted molar refractivity (Wildman–Crippen MR) is 133 cm³/mol. The lowest BCUT2D eigenvalue weighted by Crippen LogP contribution is -2.55. The van der Waals surface area contributed by atoms with Gasteiger partial charge in [-0.25, -0.2) is 14.6 Å². The number of hydrogen-bond donors (Lipinski definition) is 2. The summed E-state index contributed by atoms with van der Waals surface area (Å²) < 4.78 is 13.3. The molecule has 5 heterocycles. The second kappa shape index (κ2) is 10.9. The van der Waals surface area contributed by atoms with Gasteiger partial charge >= 0.3 is 0 Å². The predicted octanol–water partition coefficient (Wildman–Crippen LogP) is 2.38. The highest BCUT2D eigenvalue weighted by molar-refractivity contribution is 8.00. The van der Waals surface area contributed by atoms with E-state index >= 15 is 0 Å². The lowest BCUT2D eigenvalue weighted by atomic mass is 9.97. The van der Waals surface area contributed by atoms with Gasteiger partial charge in [-0.05, 0) is 12.5 Å². The highest BCUT2D eigenvalue weighted by atomic mass is 35.5. The molecule has 2 aliphatic rings. The fourth-order valence-corrected chi connectivity index (χ4v) is 6.49. The smallest absolute Gasteiger partial charge is 0.273 e. The SMILES string of the molecule is COC1C(Sc2cc(Cl)cnc2C(=O)N2CCC2)OC(CO)C(O)C1n1cc(-c2nc(Cl)cs2)nn1. The van der Waals surface area contributed by atoms with Crippen LogP contribution in [0.4, 0.5) is 0 Å². The van der Waals surface area contributed by atoms with Gasteiger partial charge in [-0.3, -0.25) is 4.79 Å². The van der Waals surface area contributed by atoms with Crippen LogP contribution < -0.4 is 0 Å². The van der Waals surface area contributed by atoms with Gasteiger partial charge in [-0.1, -0.05) is 40.2 Å². The van der Waals surface area contributed by atoms with E-state index in [1.54, 1.807) is 22.5 Å². The summed E-state index contributed by atoms with van der Waals surface area (Å²) in [6, 6.07) is 0.882. The van der Waals surface area contributed by atoms with Crippen molar-refractivity contribution < 1.29 is 24.5 Å². The van der Waals surface area contributed by atoms with Gasteiger partial charge in [0.15, 0.2) is 0 Å². The number of rotatable bonds is 7. The van der Waals surface area contributed by atoms with E-state index < -0.39 is 36.4 Å². The number of halogens is 2. The average molecular weight is 573 g/mol. The lowest BCUT2D eigenvalue weighted by molar-refractivity contribution is -0.186. The van der Waals surface area contributed by atoms with E-state index in [4.69, 9.17) is 32.7 Å². The lowest BCUT2D eigenvalue weighted by Gasteiger charge is -2.43. The minimum Gasteiger partial charge on any atom is -0.394 e. The number of pyridine rings is 1. The van der Waals surface area contributed by atoms with Crippen molar-refractivity contribution in [2.75, 3.05) is 26.8 Å². The maximum atomic E-state index is 13.0. The molecule has 0 bridgehead atoms. The summed E-state index contributed by atoms with van der Waals surface area (Å²) in [6.07, 6.45) is 1.17. The zero-order valence-electron chi connectivity index (χ0n) is 18.9. The summed E-state index contributed by atoms with van der Waals surface area (Å²) in [7, 11) is 1.49. The van der Waals surface area contributed by atoms with E-state index in [1.807, 2.05) is 0 Å². The van der Waals surface area contributed by atoms with Gasteiger partial charge in [0, 0.05) is 36.7 Å². The monoisotopic (exact) mass is 572 g/mol. The molecule has 11 nitrogen and oxygen atoms in total. The van der Waals surface area contributed by atoms with E-state index in [9.17, 15) is 15.0 Å². The normalized spacial score (nSPS) is 26.1. The van der Waals surface area contributed by atoms with E-state index in [2.05, 4.69) is 20.3 Å². The molecule has 15 heteroatoms. The quantitative estimate of drug-likeness (QED) is 0.434. The number of methoxy groups -OCH3 is 1. The van der Waals surface area contributed by atoms with Gasteiger partial charge < -0.3 is 24.6 Å². The molecule has 36 heavy (non-hydrogen) atoms. The van der Waals surface area contributed by atoms with Crippen LogP contribution in [0.15, 0.2) is 28.7 Å². The van der Waals surface area contributed by atoms with Crippen molar-refractivity contribution in [2.24, 2.45) is 0 Å². The summed E-state index contributed by atoms with van der Waals surface area (Å²) in [5, 5.41) is 32.4. The van der Waals surface area contributed by atoms with Gasteiger partial charge in [0.2, 0.25) is 0 Å². The summed E-state index contributed by atoms with van der Waals surface area (Å²) in [5.74, 6) is -0.191. The van der Waals surface area contributed by atoms with Crippen molar-refractivity contribution in [3.05, 3.63) is 39.7 Å². The first-order valence-electron chi connectivity index (χ1n) is 11.0. The Labute approximate surface area is 224 Å². The van der Waals surface area contributed by atoms with E-state index in [0.717, 1.165) is 6.42 Å². The average Bonchev–Trinajstić information content (AvgIpc) is 3.47. The number of ether oxygens (including phenoxy) is 2. The van der Waals surface area contributed by atoms with E-state index in [-0.39, 0.29) is 11.6 Å². The standard InChI is InChI=1S/C21H22Cl2N6O5S2/c1-33-18-16(29-7-11(26-27-29)19-25-14(23)9-35-19)17(31)12(8-30)34-21(18)36-13-5-10(22)6-24-15(13)20(32)28-3-2-4-28/h5-7,9,12,16-18,21,30-31H,2-4,8H2,1H3. The first-order valence-corrected chi connectivity index (χ1v) is 13.5. The molecule has 5 unspecified atom stereocenters. The minimum atomic E-state index is -1.16. The summed E-state index contributed by atoms with van der Waals surface area (Å²) in [6.45, 7) is 0.906. The van der Waals surface area contributed by atoms with Crippen molar-refractivity contribution in [3.8, 4) is 10.7 Å². The molecule has 0 saturated carbocycles. The summed E-state index contributed by atoms with van der Waals surface area (Å²) >= 11 is 14.7. The Morgan fingerprint density at radius 2 is 2.19 bits per heavy atom. The molecule has 0 aliphatic carbocycles. The van der Waals surface area contributed by atoms with Crippen LogP contribution in [0, 0.1) is 0 Å². The third-order valence-corrected chi connectivity index (χ3v) is 8.59. The highest BCUT2D eigenvalue weighted by Crippen LogP contribution is 2.41. The van der Waals surface area contributed by atoms with Gasteiger partial charge in [0.1, 0.15) is 51.3 Å². The molecule has 2 aliphatic heterocycles. The number of carbonyl (C=O) groups excluding carboxylic acids is 1. The molecule has 1 amide bonds. The molecule has 0 spiro atoms. The summed E-state index contributed by atoms with van der Waals surface area (Å²) in [5.41, 5.74) is -0.00755. The maximum absolute atomic E-state index is 13.0. The Kier molecular flexibility index (Phi) is 7.79. The molecule has 3 aromatic heterocycles. The van der Waals surface area contributed by atoms with Crippen LogP contribution in [0.2, 0.25) is 10.2 Å². The molecule has 0 radical (unpaired) electrons. The van der Waals surface area contributed by atoms with Crippen molar-refractivity contribution >= 4 is 52.2 Å². The molecule has 2 N–H and O–H groups in total. The Hall–Kier alpha value is -1.84. The fourth-order valence-electron chi connectivity index (χ4n) is 4.07. The molecule has 2 saturated heterocycles. The number of likely N-dealkylation sites (tertiary alicyclic amines) is 1. The number of carbonyl (C=O) groups is 1. The van der Waals surface area contributed by atoms with E-state index in [1.165, 1.54) is 41.1 Å². The third-order valence-electron chi connectivity index (χ3n) is 6.02. The van der Waals surface area contributed by atoms with Crippen molar-refractivity contribution in [1.82, 2.24) is 29.9 Å². The third kappa shape index (κ3) is 4.98. The number of thioether (sulfide) groups is 1. The van der Waals surface area contributed by atoms with Crippen LogP contribution in [0.1, 0.15) is 23.0 Å². The molecule has 3 aromatic rings. The first kappa shape index (κ1) is 25.8. The van der Waals surface area contributed by atoms with Gasteiger partial charge in [-0.2, -0.15) is 0 Å². The number of hydrogen-bond acceptors (Lipinski definition) is 11. The Morgan fingerprint density at radius 3 is 2.83 bits per heavy atom. The molecule has 192 valence electrons. The highest BCUT2D eigenvalue weighted by Gasteiger charge is 2.48. The van der Waals surface area contributed by atoms with Crippen molar-refractivity contribution in [3.63, 3.8) is 0 Å². The van der Waals surface area contributed by atoms with Gasteiger partial charge in [0.05, 0.1) is 17.8 Å². The molecule has 5 atom stereocenters. The Bertz CT molecular complexity index is 1240. The zero-order chi connectivity index (χ0) is 25.4. The van der Waals surface area contributed by atoms with Crippen molar-refractivity contribution in [1.29, 1.82) is 0 Å². The number of aliphatic hydroxyl groups is 2. The number of nitrogens with zero attached hydrogens (tertiary/aromatic N) is 6. The minimum absolute atomic E-state index is 0.191. The first-order chi connectivity index (χ1) is 17.4. The fraction of sp³-hybridized carbons (Fsp3) is 0.476. The number of aromatic nitrogens is 5. The maximum Gasteiger partial charge on any atom is 0.273 e. The van der Waals surface area contributed by atoms with Gasteiger partial charge in [-0.15, -0.1) is 16.4 Å². The second-order valence-corrected chi connectivity index (χ2v) is 11.1. The van der Waals surface area contributed by atoms with Crippen molar-refractivity contribution in [2.45, 2.75) is 41.1 Å². The molecular formula is C21H22Cl2N6O5S2. The molecule has 5 rings (SSSR count). The van der Waals surface area contributed by atoms with Crippen LogP contribution in [-0.2, 0) is 9.47 Å². The van der Waals surface area contributed by atoms with Crippen LogP contribution >= 0.6 is 46.3 Å². The zero-order valence-corrected chi connectivity index (χ0v) is 22.0. The van der Waals surface area contributed by atoms with Crippen LogP contribution in [0.5, 0.6) is 0 Å². The second-order valence-electron chi connectivity index (χ2n) is 8.23. The Morgan fingerprint density at radius 1 is 1.39 bits per heavy atom. The van der Waals surface area contributed by atoms with Crippen LogP contribution in [0.3, 0.4) is 0 Å². The molecule has 2 fully saturated rings. The van der Waals surface area contributed by atoms with Crippen LogP contribution in [0.25, 0.3) is 10.7 Å². The Balaban J connectivity index is 1.46. The van der Waals surface area contributed by atoms with Gasteiger partial charge in [0.25, 0.3) is 5.91 Å². The molecular weight excluding hydrogens is 551 g/mol. The van der Waals surface area contributed by atoms with E-state index in [0.29, 0.717) is 38.9 Å². The number of thiazole rings is 1. The topological polar surface area (TPSA) is 136 Å².